The van der Waals surface area contributed by atoms with Crippen molar-refractivity contribution in [2.75, 3.05) is 11.9 Å². The quantitative estimate of drug-likeness (QED) is 0.503. The summed E-state index contributed by atoms with van der Waals surface area (Å²) in [6, 6.07) is 10.5. The van der Waals surface area contributed by atoms with Gasteiger partial charge in [0.1, 0.15) is 11.5 Å². The maximum absolute atomic E-state index is 13.1. The minimum Gasteiger partial charge on any atom is -0.379 e. The summed E-state index contributed by atoms with van der Waals surface area (Å²) in [5, 5.41) is 14.0. The van der Waals surface area contributed by atoms with E-state index in [9.17, 15) is 19.3 Å². The summed E-state index contributed by atoms with van der Waals surface area (Å²) >= 11 is 0. The van der Waals surface area contributed by atoms with Gasteiger partial charge in [0.05, 0.1) is 4.92 Å². The molecule has 5 nitrogen and oxygen atoms in total. The average molecular weight is 302 g/mol. The molecule has 6 heteroatoms. The first-order valence-electron chi connectivity index (χ1n) is 6.75. The van der Waals surface area contributed by atoms with Gasteiger partial charge >= 0.3 is 0 Å². The summed E-state index contributed by atoms with van der Waals surface area (Å²) in [5.41, 5.74) is 1.29. The fraction of sp³-hybridized carbons (Fsp3) is 0.188. The van der Waals surface area contributed by atoms with Crippen molar-refractivity contribution in [3.8, 4) is 0 Å². The Morgan fingerprint density at radius 2 is 2.05 bits per heavy atom. The Morgan fingerprint density at radius 1 is 1.27 bits per heavy atom. The fourth-order valence-corrected chi connectivity index (χ4v) is 2.09. The van der Waals surface area contributed by atoms with E-state index in [1.807, 2.05) is 0 Å². The zero-order valence-corrected chi connectivity index (χ0v) is 12.0. The van der Waals surface area contributed by atoms with Crippen LogP contribution in [-0.2, 0) is 6.42 Å². The van der Waals surface area contributed by atoms with Crippen LogP contribution < -0.4 is 5.32 Å². The number of anilines is 1. The molecular weight excluding hydrogens is 287 g/mol. The van der Waals surface area contributed by atoms with E-state index in [1.54, 1.807) is 18.2 Å². The van der Waals surface area contributed by atoms with Crippen molar-refractivity contribution in [3.05, 3.63) is 69.5 Å². The molecule has 0 aliphatic rings. The van der Waals surface area contributed by atoms with Crippen molar-refractivity contribution < 1.29 is 14.1 Å². The fourth-order valence-electron chi connectivity index (χ4n) is 2.09. The van der Waals surface area contributed by atoms with E-state index in [-0.39, 0.29) is 17.3 Å². The van der Waals surface area contributed by atoms with Gasteiger partial charge in [-0.1, -0.05) is 12.1 Å². The third-order valence-electron chi connectivity index (χ3n) is 3.22. The van der Waals surface area contributed by atoms with Crippen molar-refractivity contribution in [3.63, 3.8) is 0 Å². The molecule has 0 unspecified atom stereocenters. The summed E-state index contributed by atoms with van der Waals surface area (Å²) < 4.78 is 13.1. The average Bonchev–Trinajstić information content (AvgIpc) is 2.47. The second kappa shape index (κ2) is 6.80. The number of nitro groups is 1. The number of nitro benzene ring substituents is 1. The van der Waals surface area contributed by atoms with Crippen molar-refractivity contribution in [1.29, 1.82) is 0 Å². The van der Waals surface area contributed by atoms with Gasteiger partial charge in [0, 0.05) is 18.2 Å². The van der Waals surface area contributed by atoms with Crippen molar-refractivity contribution in [2.24, 2.45) is 0 Å². The van der Waals surface area contributed by atoms with E-state index in [1.165, 1.54) is 31.2 Å². The minimum atomic E-state index is -0.531. The van der Waals surface area contributed by atoms with Crippen LogP contribution >= 0.6 is 0 Å². The van der Waals surface area contributed by atoms with E-state index in [0.717, 1.165) is 5.56 Å². The van der Waals surface area contributed by atoms with Crippen LogP contribution in [0.15, 0.2) is 42.5 Å². The third-order valence-corrected chi connectivity index (χ3v) is 3.22. The number of Topliss-reactive ketones (excluding diaryl/α,β-unsaturated/α-hetero) is 1. The van der Waals surface area contributed by atoms with Crippen LogP contribution in [0, 0.1) is 15.9 Å². The normalized spacial score (nSPS) is 10.3. The lowest BCUT2D eigenvalue weighted by Crippen LogP contribution is -2.08. The molecule has 0 atom stereocenters. The SMILES string of the molecule is CC(=O)c1ccc(NCCc2cccc(F)c2)c([N+](=O)[O-])c1. The van der Waals surface area contributed by atoms with E-state index in [2.05, 4.69) is 5.32 Å². The van der Waals surface area contributed by atoms with Crippen LogP contribution in [0.3, 0.4) is 0 Å². The number of hydrogen-bond acceptors (Lipinski definition) is 4. The second-order valence-electron chi connectivity index (χ2n) is 4.85. The molecule has 0 fully saturated rings. The van der Waals surface area contributed by atoms with Gasteiger partial charge in [-0.05, 0) is 43.2 Å². The molecule has 0 spiro atoms. The lowest BCUT2D eigenvalue weighted by molar-refractivity contribution is -0.384. The second-order valence-corrected chi connectivity index (χ2v) is 4.85. The molecule has 0 aliphatic carbocycles. The molecule has 2 aromatic carbocycles. The molecule has 0 amide bonds. The number of benzene rings is 2. The Labute approximate surface area is 126 Å². The van der Waals surface area contributed by atoms with Crippen LogP contribution in [0.5, 0.6) is 0 Å². The highest BCUT2D eigenvalue weighted by atomic mass is 19.1. The van der Waals surface area contributed by atoms with Crippen LogP contribution in [0.25, 0.3) is 0 Å². The number of hydrogen-bond donors (Lipinski definition) is 1. The molecule has 0 radical (unpaired) electrons. The predicted octanol–water partition coefficient (Wildman–Crippen LogP) is 3.59. The molecule has 0 heterocycles. The number of nitrogens with zero attached hydrogens (tertiary/aromatic N) is 1. The Balaban J connectivity index is 2.09. The highest BCUT2D eigenvalue weighted by Gasteiger charge is 2.15. The lowest BCUT2D eigenvalue weighted by atomic mass is 10.1. The van der Waals surface area contributed by atoms with Gasteiger partial charge in [-0.2, -0.15) is 0 Å². The molecule has 0 bridgehead atoms. The van der Waals surface area contributed by atoms with Gasteiger partial charge in [0.15, 0.2) is 5.78 Å². The molecule has 114 valence electrons. The zero-order valence-electron chi connectivity index (χ0n) is 12.0. The van der Waals surface area contributed by atoms with Crippen molar-refractivity contribution >= 4 is 17.2 Å². The summed E-state index contributed by atoms with van der Waals surface area (Å²) in [6.45, 7) is 1.78. The molecule has 0 aliphatic heterocycles. The molecule has 0 aromatic heterocycles. The predicted molar refractivity (Wildman–Crippen MR) is 81.7 cm³/mol. The first-order valence-corrected chi connectivity index (χ1v) is 6.75. The highest BCUT2D eigenvalue weighted by molar-refractivity contribution is 5.95. The summed E-state index contributed by atoms with van der Waals surface area (Å²) in [5.74, 6) is -0.538. The van der Waals surface area contributed by atoms with Gasteiger partial charge in [-0.25, -0.2) is 4.39 Å². The Kier molecular flexibility index (Phi) is 4.83. The first-order chi connectivity index (χ1) is 10.5. The van der Waals surface area contributed by atoms with Crippen LogP contribution in [0.1, 0.15) is 22.8 Å². The number of carbonyl (C=O) groups excluding carboxylic acids is 1. The third kappa shape index (κ3) is 3.88. The summed E-state index contributed by atoms with van der Waals surface area (Å²) in [4.78, 5) is 21.8. The molecule has 0 saturated heterocycles. The lowest BCUT2D eigenvalue weighted by Gasteiger charge is -2.08. The number of halogens is 1. The largest absolute Gasteiger partial charge is 0.379 e. The van der Waals surface area contributed by atoms with E-state index < -0.39 is 4.92 Å². The maximum Gasteiger partial charge on any atom is 0.293 e. The molecular formula is C16H15FN2O3. The number of rotatable bonds is 6. The molecule has 2 aromatic rings. The van der Waals surface area contributed by atoms with Gasteiger partial charge in [0.2, 0.25) is 0 Å². The molecule has 0 saturated carbocycles. The maximum atomic E-state index is 13.1. The topological polar surface area (TPSA) is 72.2 Å². The minimum absolute atomic E-state index is 0.146. The van der Waals surface area contributed by atoms with Crippen molar-refractivity contribution in [1.82, 2.24) is 0 Å². The van der Waals surface area contributed by atoms with Gasteiger partial charge < -0.3 is 5.32 Å². The van der Waals surface area contributed by atoms with Gasteiger partial charge in [-0.3, -0.25) is 14.9 Å². The Hall–Kier alpha value is -2.76. The summed E-state index contributed by atoms with van der Waals surface area (Å²) in [7, 11) is 0. The number of nitrogens with one attached hydrogen (secondary N) is 1. The summed E-state index contributed by atoms with van der Waals surface area (Å²) in [6.07, 6.45) is 0.531. The zero-order chi connectivity index (χ0) is 16.1. The van der Waals surface area contributed by atoms with Crippen molar-refractivity contribution in [2.45, 2.75) is 13.3 Å². The molecule has 1 N–H and O–H groups in total. The van der Waals surface area contributed by atoms with Gasteiger partial charge in [-0.15, -0.1) is 0 Å². The van der Waals surface area contributed by atoms with E-state index in [4.69, 9.17) is 0 Å². The van der Waals surface area contributed by atoms with Crippen LogP contribution in [0.2, 0.25) is 0 Å². The Morgan fingerprint density at radius 3 is 2.68 bits per heavy atom. The highest BCUT2D eigenvalue weighted by Crippen LogP contribution is 2.25. The smallest absolute Gasteiger partial charge is 0.293 e. The molecule has 22 heavy (non-hydrogen) atoms. The van der Waals surface area contributed by atoms with E-state index in [0.29, 0.717) is 24.2 Å². The standard InChI is InChI=1S/C16H15FN2O3/c1-11(20)13-5-6-15(16(10-13)19(21)22)18-8-7-12-3-2-4-14(17)9-12/h2-6,9-10,18H,7-8H2,1H3. The van der Waals surface area contributed by atoms with E-state index >= 15 is 0 Å². The molecule has 2 rings (SSSR count). The monoisotopic (exact) mass is 302 g/mol. The first kappa shape index (κ1) is 15.6. The van der Waals surface area contributed by atoms with Crippen LogP contribution in [0.4, 0.5) is 15.8 Å². The number of ketones is 1. The van der Waals surface area contributed by atoms with Gasteiger partial charge in [0.25, 0.3) is 5.69 Å². The Bertz CT molecular complexity index is 716. The van der Waals surface area contributed by atoms with Crippen LogP contribution in [-0.4, -0.2) is 17.3 Å². The number of carbonyl (C=O) groups is 1.